The average Bonchev–Trinajstić information content (AvgIpc) is 2.76. The van der Waals surface area contributed by atoms with Gasteiger partial charge < -0.3 is 0 Å². The van der Waals surface area contributed by atoms with Gasteiger partial charge in [-0.1, -0.05) is 61.9 Å². The van der Waals surface area contributed by atoms with Crippen molar-refractivity contribution >= 4 is 22.4 Å². The Balaban J connectivity index is 1.71. The third-order valence-electron chi connectivity index (χ3n) is 5.45. The van der Waals surface area contributed by atoms with E-state index in [1.165, 1.54) is 11.1 Å². The zero-order valence-corrected chi connectivity index (χ0v) is 16.5. The fourth-order valence-electron chi connectivity index (χ4n) is 3.78. The van der Waals surface area contributed by atoms with E-state index in [1.54, 1.807) is 24.3 Å². The van der Waals surface area contributed by atoms with Crippen molar-refractivity contribution in [2.45, 2.75) is 39.2 Å². The molecule has 3 aromatic rings. The number of nitrogens with zero attached hydrogens (tertiary/aromatic N) is 3. The lowest BCUT2D eigenvalue weighted by atomic mass is 9.89. The minimum absolute atomic E-state index is 0.212. The summed E-state index contributed by atoms with van der Waals surface area (Å²) in [5.41, 5.74) is 4.63. The van der Waals surface area contributed by atoms with Gasteiger partial charge in [-0.25, -0.2) is 10.1 Å². The minimum atomic E-state index is -0.395. The van der Waals surface area contributed by atoms with E-state index in [-0.39, 0.29) is 11.3 Å². The van der Waals surface area contributed by atoms with Crippen molar-refractivity contribution in [2.24, 2.45) is 11.0 Å². The molecule has 1 heterocycles. The van der Waals surface area contributed by atoms with Crippen LogP contribution >= 0.6 is 0 Å². The number of hydrogen-bond acceptors (Lipinski definition) is 4. The number of hydrazone groups is 1. The highest BCUT2D eigenvalue weighted by Crippen LogP contribution is 2.21. The molecule has 29 heavy (non-hydrogen) atoms. The van der Waals surface area contributed by atoms with Gasteiger partial charge in [-0.3, -0.25) is 9.59 Å². The van der Waals surface area contributed by atoms with Crippen LogP contribution in [0.15, 0.2) is 64.5 Å². The van der Waals surface area contributed by atoms with E-state index in [9.17, 15) is 9.59 Å². The van der Waals surface area contributed by atoms with Crippen molar-refractivity contribution in [1.82, 2.24) is 15.2 Å². The Morgan fingerprint density at radius 1 is 1.10 bits per heavy atom. The second kappa shape index (κ2) is 8.39. The molecule has 1 N–H and O–H groups in total. The number of carbonyl (C=O) groups is 1. The molecule has 148 valence electrons. The maximum absolute atomic E-state index is 12.9. The molecule has 0 saturated heterocycles. The molecule has 1 atom stereocenters. The maximum Gasteiger partial charge on any atom is 0.292 e. The molecule has 1 aliphatic carbocycles. The van der Waals surface area contributed by atoms with E-state index < -0.39 is 5.91 Å². The van der Waals surface area contributed by atoms with Gasteiger partial charge in [0.2, 0.25) is 0 Å². The fraction of sp³-hybridized carbons (Fsp3) is 0.304. The van der Waals surface area contributed by atoms with Gasteiger partial charge in [0, 0.05) is 11.1 Å². The van der Waals surface area contributed by atoms with Crippen LogP contribution < -0.4 is 11.0 Å². The highest BCUT2D eigenvalue weighted by atomic mass is 16.2. The first kappa shape index (κ1) is 19.1. The number of amides is 1. The van der Waals surface area contributed by atoms with Gasteiger partial charge in [0.05, 0.1) is 11.9 Å². The SMILES string of the molecule is C[C@@H]1CCCC/C1=N/NC(=O)c1nn(Cc2ccccc2)c(=O)c2ccccc12. The number of rotatable bonds is 4. The highest BCUT2D eigenvalue weighted by molar-refractivity contribution is 6.05. The van der Waals surface area contributed by atoms with Crippen LogP contribution in [0.3, 0.4) is 0 Å². The number of nitrogens with one attached hydrogen (secondary N) is 1. The van der Waals surface area contributed by atoms with Crippen LogP contribution in [0, 0.1) is 5.92 Å². The van der Waals surface area contributed by atoms with Crippen molar-refractivity contribution < 1.29 is 4.79 Å². The molecule has 4 rings (SSSR count). The van der Waals surface area contributed by atoms with Gasteiger partial charge in [0.15, 0.2) is 5.69 Å². The Kier molecular flexibility index (Phi) is 5.51. The van der Waals surface area contributed by atoms with Gasteiger partial charge >= 0.3 is 0 Å². The molecule has 0 aliphatic heterocycles. The predicted octanol–water partition coefficient (Wildman–Crippen LogP) is 3.74. The van der Waals surface area contributed by atoms with Gasteiger partial charge in [0.25, 0.3) is 11.5 Å². The highest BCUT2D eigenvalue weighted by Gasteiger charge is 2.19. The lowest BCUT2D eigenvalue weighted by Gasteiger charge is -2.19. The van der Waals surface area contributed by atoms with E-state index in [2.05, 4.69) is 22.5 Å². The Morgan fingerprint density at radius 3 is 2.59 bits per heavy atom. The Bertz CT molecular complexity index is 1120. The summed E-state index contributed by atoms with van der Waals surface area (Å²) in [5, 5.41) is 9.79. The van der Waals surface area contributed by atoms with Crippen LogP contribution in [-0.4, -0.2) is 21.4 Å². The molecule has 1 amide bonds. The first-order chi connectivity index (χ1) is 14.1. The molecule has 0 unspecified atom stereocenters. The van der Waals surface area contributed by atoms with Crippen LogP contribution in [0.2, 0.25) is 0 Å². The van der Waals surface area contributed by atoms with Gasteiger partial charge in [-0.2, -0.15) is 10.2 Å². The lowest BCUT2D eigenvalue weighted by Crippen LogP contribution is -2.30. The number of hydrogen-bond donors (Lipinski definition) is 1. The summed E-state index contributed by atoms with van der Waals surface area (Å²) >= 11 is 0. The van der Waals surface area contributed by atoms with Crippen molar-refractivity contribution in [2.75, 3.05) is 0 Å². The molecule has 1 aliphatic rings. The maximum atomic E-state index is 12.9. The number of benzene rings is 2. The molecular weight excluding hydrogens is 364 g/mol. The van der Waals surface area contributed by atoms with Gasteiger partial charge in [-0.05, 0) is 36.8 Å². The van der Waals surface area contributed by atoms with Gasteiger partial charge in [-0.15, -0.1) is 0 Å². The minimum Gasteiger partial charge on any atom is -0.267 e. The van der Waals surface area contributed by atoms with E-state index in [1.807, 2.05) is 30.3 Å². The van der Waals surface area contributed by atoms with Crippen LogP contribution in [0.5, 0.6) is 0 Å². The summed E-state index contributed by atoms with van der Waals surface area (Å²) in [7, 11) is 0. The first-order valence-electron chi connectivity index (χ1n) is 10.0. The van der Waals surface area contributed by atoms with E-state index in [0.717, 1.165) is 30.5 Å². The number of carbonyl (C=O) groups excluding carboxylic acids is 1. The van der Waals surface area contributed by atoms with Crippen LogP contribution in [0.25, 0.3) is 10.8 Å². The number of fused-ring (bicyclic) bond motifs is 1. The smallest absolute Gasteiger partial charge is 0.267 e. The third-order valence-corrected chi connectivity index (χ3v) is 5.45. The van der Waals surface area contributed by atoms with Crippen molar-refractivity contribution in [1.29, 1.82) is 0 Å². The molecular formula is C23H24N4O2. The zero-order chi connectivity index (χ0) is 20.2. The van der Waals surface area contributed by atoms with E-state index >= 15 is 0 Å². The average molecular weight is 388 g/mol. The summed E-state index contributed by atoms with van der Waals surface area (Å²) in [6.07, 6.45) is 4.30. The van der Waals surface area contributed by atoms with Crippen molar-refractivity contribution in [3.63, 3.8) is 0 Å². The lowest BCUT2D eigenvalue weighted by molar-refractivity contribution is 0.0949. The zero-order valence-electron chi connectivity index (χ0n) is 16.5. The summed E-state index contributed by atoms with van der Waals surface area (Å²) < 4.78 is 1.35. The quantitative estimate of drug-likeness (QED) is 0.692. The largest absolute Gasteiger partial charge is 0.292 e. The molecule has 0 spiro atoms. The molecule has 1 saturated carbocycles. The Morgan fingerprint density at radius 2 is 1.83 bits per heavy atom. The molecule has 0 radical (unpaired) electrons. The second-order valence-electron chi connectivity index (χ2n) is 7.53. The molecule has 0 bridgehead atoms. The van der Waals surface area contributed by atoms with Crippen LogP contribution in [0.1, 0.15) is 48.7 Å². The number of aromatic nitrogens is 2. The molecule has 1 aromatic heterocycles. The monoisotopic (exact) mass is 388 g/mol. The van der Waals surface area contributed by atoms with Crippen LogP contribution in [-0.2, 0) is 6.54 Å². The third kappa shape index (κ3) is 4.11. The predicted molar refractivity (Wildman–Crippen MR) is 114 cm³/mol. The molecule has 1 fully saturated rings. The fourth-order valence-corrected chi connectivity index (χ4v) is 3.78. The normalized spacial score (nSPS) is 18.1. The summed E-state index contributed by atoms with van der Waals surface area (Å²) in [6, 6.07) is 16.7. The Labute approximate surface area is 169 Å². The standard InChI is InChI=1S/C23H24N4O2/c1-16-9-5-8-14-20(16)24-25-22(28)21-18-12-6-7-13-19(18)23(29)27(26-21)15-17-10-3-2-4-11-17/h2-4,6-7,10-13,16H,5,8-9,14-15H2,1H3,(H,25,28)/b24-20-/t16-/m1/s1. The molecule has 2 aromatic carbocycles. The summed E-state index contributed by atoms with van der Waals surface area (Å²) in [6.45, 7) is 2.44. The molecule has 6 nitrogen and oxygen atoms in total. The topological polar surface area (TPSA) is 76.3 Å². The van der Waals surface area contributed by atoms with Crippen molar-refractivity contribution in [3.05, 3.63) is 76.2 Å². The molecule has 6 heteroatoms. The first-order valence-corrected chi connectivity index (χ1v) is 10.0. The van der Waals surface area contributed by atoms with Crippen LogP contribution in [0.4, 0.5) is 0 Å². The van der Waals surface area contributed by atoms with Gasteiger partial charge in [0.1, 0.15) is 0 Å². The summed E-state index contributed by atoms with van der Waals surface area (Å²) in [4.78, 5) is 25.8. The van der Waals surface area contributed by atoms with E-state index in [4.69, 9.17) is 0 Å². The van der Waals surface area contributed by atoms with E-state index in [0.29, 0.717) is 23.2 Å². The second-order valence-corrected chi connectivity index (χ2v) is 7.53. The van der Waals surface area contributed by atoms with Crippen molar-refractivity contribution in [3.8, 4) is 0 Å². The summed E-state index contributed by atoms with van der Waals surface area (Å²) in [5.74, 6) is -0.0194. The Hall–Kier alpha value is -3.28.